The number of rotatable bonds is 6. The molecule has 0 atom stereocenters. The first-order chi connectivity index (χ1) is 12.0. The summed E-state index contributed by atoms with van der Waals surface area (Å²) in [6.07, 6.45) is 0.713. The zero-order chi connectivity index (χ0) is 17.9. The number of fused-ring (bicyclic) bond motifs is 1. The standard InChI is InChI=1S/C18H18N2O4S/c1-2-11-19-25(22,23)15-9-7-14(8-10-15)20-18(21)17-12-13-5-3-4-6-16(13)24-17/h3-10,12,19H,2,11H2,1H3,(H,20,21). The summed E-state index contributed by atoms with van der Waals surface area (Å²) >= 11 is 0. The number of para-hydroxylation sites is 1. The smallest absolute Gasteiger partial charge is 0.291 e. The van der Waals surface area contributed by atoms with E-state index >= 15 is 0 Å². The monoisotopic (exact) mass is 358 g/mol. The van der Waals surface area contributed by atoms with Crippen LogP contribution in [-0.2, 0) is 10.0 Å². The predicted molar refractivity (Wildman–Crippen MR) is 96.1 cm³/mol. The van der Waals surface area contributed by atoms with Crippen molar-refractivity contribution in [3.05, 3.63) is 60.4 Å². The van der Waals surface area contributed by atoms with E-state index in [1.54, 1.807) is 24.3 Å². The highest BCUT2D eigenvalue weighted by Crippen LogP contribution is 2.20. The fourth-order valence-corrected chi connectivity index (χ4v) is 3.46. The topological polar surface area (TPSA) is 88.4 Å². The number of sulfonamides is 1. The van der Waals surface area contributed by atoms with Crippen LogP contribution in [0.4, 0.5) is 5.69 Å². The number of hydrogen-bond acceptors (Lipinski definition) is 4. The maximum atomic E-state index is 12.3. The lowest BCUT2D eigenvalue weighted by atomic mass is 10.2. The Morgan fingerprint density at radius 1 is 1.08 bits per heavy atom. The van der Waals surface area contributed by atoms with Crippen molar-refractivity contribution < 1.29 is 17.6 Å². The highest BCUT2D eigenvalue weighted by Gasteiger charge is 2.15. The highest BCUT2D eigenvalue weighted by atomic mass is 32.2. The average molecular weight is 358 g/mol. The Hall–Kier alpha value is -2.64. The zero-order valence-electron chi connectivity index (χ0n) is 13.7. The molecule has 0 bridgehead atoms. The summed E-state index contributed by atoms with van der Waals surface area (Å²) in [7, 11) is -3.52. The molecule has 3 aromatic rings. The van der Waals surface area contributed by atoms with Gasteiger partial charge >= 0.3 is 0 Å². The second-order valence-electron chi connectivity index (χ2n) is 5.52. The molecule has 130 valence electrons. The van der Waals surface area contributed by atoms with Gasteiger partial charge in [-0.1, -0.05) is 25.1 Å². The van der Waals surface area contributed by atoms with Gasteiger partial charge in [0.2, 0.25) is 10.0 Å². The van der Waals surface area contributed by atoms with Crippen LogP contribution in [-0.4, -0.2) is 20.9 Å². The number of nitrogens with one attached hydrogen (secondary N) is 2. The third-order valence-corrected chi connectivity index (χ3v) is 5.09. The first-order valence-corrected chi connectivity index (χ1v) is 9.37. The fraction of sp³-hybridized carbons (Fsp3) is 0.167. The molecule has 0 aliphatic carbocycles. The minimum absolute atomic E-state index is 0.155. The number of anilines is 1. The number of hydrogen-bond donors (Lipinski definition) is 2. The molecule has 2 N–H and O–H groups in total. The van der Waals surface area contributed by atoms with Crippen molar-refractivity contribution in [2.24, 2.45) is 0 Å². The predicted octanol–water partition coefficient (Wildman–Crippen LogP) is 3.37. The average Bonchev–Trinajstić information content (AvgIpc) is 3.05. The Bertz CT molecular complexity index is 958. The van der Waals surface area contributed by atoms with Gasteiger partial charge in [0.25, 0.3) is 5.91 Å². The number of furan rings is 1. The second-order valence-corrected chi connectivity index (χ2v) is 7.29. The van der Waals surface area contributed by atoms with Gasteiger partial charge in [0.15, 0.2) is 5.76 Å². The minimum Gasteiger partial charge on any atom is -0.451 e. The summed E-state index contributed by atoms with van der Waals surface area (Å²) in [6, 6.07) is 15.0. The second kappa shape index (κ2) is 7.08. The molecule has 0 saturated carbocycles. The Morgan fingerprint density at radius 2 is 1.80 bits per heavy atom. The lowest BCUT2D eigenvalue weighted by Gasteiger charge is -2.07. The van der Waals surface area contributed by atoms with Crippen LogP contribution in [0.1, 0.15) is 23.9 Å². The van der Waals surface area contributed by atoms with Crippen LogP contribution in [0.5, 0.6) is 0 Å². The zero-order valence-corrected chi connectivity index (χ0v) is 14.5. The molecule has 0 aliphatic heterocycles. The van der Waals surface area contributed by atoms with E-state index in [4.69, 9.17) is 4.42 Å². The highest BCUT2D eigenvalue weighted by molar-refractivity contribution is 7.89. The molecule has 2 aromatic carbocycles. The normalized spacial score (nSPS) is 11.6. The first-order valence-electron chi connectivity index (χ1n) is 7.89. The molecule has 1 amide bonds. The third-order valence-electron chi connectivity index (χ3n) is 3.61. The number of carbonyl (C=O) groups is 1. The quantitative estimate of drug-likeness (QED) is 0.707. The van der Waals surface area contributed by atoms with E-state index in [9.17, 15) is 13.2 Å². The minimum atomic E-state index is -3.52. The van der Waals surface area contributed by atoms with Crippen molar-refractivity contribution in [1.82, 2.24) is 4.72 Å². The molecule has 0 fully saturated rings. The van der Waals surface area contributed by atoms with Crippen molar-refractivity contribution in [2.75, 3.05) is 11.9 Å². The van der Waals surface area contributed by atoms with E-state index in [2.05, 4.69) is 10.0 Å². The molecule has 0 radical (unpaired) electrons. The number of amides is 1. The van der Waals surface area contributed by atoms with Crippen LogP contribution in [0.15, 0.2) is 63.9 Å². The van der Waals surface area contributed by atoms with Crippen molar-refractivity contribution in [3.8, 4) is 0 Å². The Labute approximate surface area is 145 Å². The van der Waals surface area contributed by atoms with Crippen LogP contribution in [0, 0.1) is 0 Å². The Kier molecular flexibility index (Phi) is 4.87. The summed E-state index contributed by atoms with van der Waals surface area (Å²) in [5, 5.41) is 3.54. The summed E-state index contributed by atoms with van der Waals surface area (Å²) in [5.41, 5.74) is 1.12. The van der Waals surface area contributed by atoms with Crippen LogP contribution in [0.2, 0.25) is 0 Å². The molecular formula is C18H18N2O4S. The van der Waals surface area contributed by atoms with Crippen molar-refractivity contribution in [3.63, 3.8) is 0 Å². The van der Waals surface area contributed by atoms with Crippen LogP contribution < -0.4 is 10.0 Å². The number of carbonyl (C=O) groups excluding carboxylic acids is 1. The molecule has 3 rings (SSSR count). The van der Waals surface area contributed by atoms with E-state index in [0.717, 1.165) is 5.39 Å². The van der Waals surface area contributed by atoms with Gasteiger partial charge in [-0.15, -0.1) is 0 Å². The van der Waals surface area contributed by atoms with Gasteiger partial charge < -0.3 is 9.73 Å². The van der Waals surface area contributed by atoms with E-state index < -0.39 is 15.9 Å². The molecule has 0 unspecified atom stereocenters. The SMILES string of the molecule is CCCNS(=O)(=O)c1ccc(NC(=O)c2cc3ccccc3o2)cc1. The molecule has 1 heterocycles. The van der Waals surface area contributed by atoms with Crippen LogP contribution >= 0.6 is 0 Å². The van der Waals surface area contributed by atoms with Gasteiger partial charge in [-0.05, 0) is 42.8 Å². The lowest BCUT2D eigenvalue weighted by molar-refractivity contribution is 0.0998. The summed E-state index contributed by atoms with van der Waals surface area (Å²) < 4.78 is 32.1. The van der Waals surface area contributed by atoms with E-state index in [-0.39, 0.29) is 10.7 Å². The Morgan fingerprint density at radius 3 is 2.48 bits per heavy atom. The summed E-state index contributed by atoms with van der Waals surface area (Å²) in [5.74, 6) is -0.196. The van der Waals surface area contributed by atoms with Gasteiger partial charge in [-0.2, -0.15) is 0 Å². The third kappa shape index (κ3) is 3.89. The summed E-state index contributed by atoms with van der Waals surface area (Å²) in [6.45, 7) is 2.27. The van der Waals surface area contributed by atoms with Crippen LogP contribution in [0.25, 0.3) is 11.0 Å². The van der Waals surface area contributed by atoms with E-state index in [0.29, 0.717) is 24.2 Å². The Balaban J connectivity index is 1.73. The van der Waals surface area contributed by atoms with E-state index in [1.807, 2.05) is 25.1 Å². The summed E-state index contributed by atoms with van der Waals surface area (Å²) in [4.78, 5) is 12.4. The van der Waals surface area contributed by atoms with E-state index in [1.165, 1.54) is 12.1 Å². The lowest BCUT2D eigenvalue weighted by Crippen LogP contribution is -2.24. The van der Waals surface area contributed by atoms with Gasteiger partial charge in [-0.3, -0.25) is 4.79 Å². The molecule has 7 heteroatoms. The first kappa shape index (κ1) is 17.2. The van der Waals surface area contributed by atoms with Gasteiger partial charge in [-0.25, -0.2) is 13.1 Å². The van der Waals surface area contributed by atoms with Crippen LogP contribution in [0.3, 0.4) is 0 Å². The van der Waals surface area contributed by atoms with Crippen molar-refractivity contribution in [1.29, 1.82) is 0 Å². The molecule has 25 heavy (non-hydrogen) atoms. The van der Waals surface area contributed by atoms with Gasteiger partial charge in [0, 0.05) is 17.6 Å². The van der Waals surface area contributed by atoms with Crippen molar-refractivity contribution in [2.45, 2.75) is 18.2 Å². The van der Waals surface area contributed by atoms with Gasteiger partial charge in [0.1, 0.15) is 5.58 Å². The molecule has 0 spiro atoms. The molecule has 6 nitrogen and oxygen atoms in total. The molecular weight excluding hydrogens is 340 g/mol. The fourth-order valence-electron chi connectivity index (χ4n) is 2.32. The largest absolute Gasteiger partial charge is 0.451 e. The maximum Gasteiger partial charge on any atom is 0.291 e. The number of benzene rings is 2. The molecule has 0 aliphatic rings. The van der Waals surface area contributed by atoms with Gasteiger partial charge in [0.05, 0.1) is 4.90 Å². The molecule has 0 saturated heterocycles. The van der Waals surface area contributed by atoms with Crippen molar-refractivity contribution >= 4 is 32.6 Å². The molecule has 1 aromatic heterocycles. The maximum absolute atomic E-state index is 12.3.